The van der Waals surface area contributed by atoms with Crippen LogP contribution in [0, 0.1) is 0 Å². The first-order chi connectivity index (χ1) is 11.9. The third kappa shape index (κ3) is 5.25. The Kier molecular flexibility index (Phi) is 6.91. The number of thioether (sulfide) groups is 1. The molecule has 0 aliphatic rings. The first-order valence-corrected chi connectivity index (χ1v) is 9.36. The van der Waals surface area contributed by atoms with E-state index in [0.717, 1.165) is 10.5 Å². The minimum absolute atomic E-state index is 0.263. The Hall–Kier alpha value is -1.98. The highest BCUT2D eigenvalue weighted by atomic mass is 35.5. The largest absolute Gasteiger partial charge is 0.449 e. The molecule has 2 aromatic carbocycles. The van der Waals surface area contributed by atoms with E-state index >= 15 is 0 Å². The van der Waals surface area contributed by atoms with Crippen molar-refractivity contribution in [2.45, 2.75) is 24.5 Å². The summed E-state index contributed by atoms with van der Waals surface area (Å²) in [6, 6.07) is 14.8. The van der Waals surface area contributed by atoms with Gasteiger partial charge in [-0.1, -0.05) is 41.9 Å². The number of rotatable bonds is 6. The van der Waals surface area contributed by atoms with Crippen LogP contribution in [0.2, 0.25) is 5.02 Å². The van der Waals surface area contributed by atoms with Crippen molar-refractivity contribution in [1.82, 2.24) is 4.90 Å². The Morgan fingerprint density at radius 2 is 1.88 bits per heavy atom. The molecule has 0 bridgehead atoms. The van der Waals surface area contributed by atoms with E-state index in [9.17, 15) is 9.59 Å². The summed E-state index contributed by atoms with van der Waals surface area (Å²) in [6.45, 7) is 2.01. The van der Waals surface area contributed by atoms with Gasteiger partial charge >= 0.3 is 5.97 Å². The first kappa shape index (κ1) is 19.3. The minimum atomic E-state index is -0.893. The number of hydrogen-bond donors (Lipinski definition) is 0. The predicted octanol–water partition coefficient (Wildman–Crippen LogP) is 4.27. The minimum Gasteiger partial charge on any atom is -0.449 e. The first-order valence-electron chi connectivity index (χ1n) is 7.75. The highest BCUT2D eigenvalue weighted by Crippen LogP contribution is 2.24. The molecule has 1 amide bonds. The number of nitrogens with zero attached hydrogens (tertiary/aromatic N) is 1. The van der Waals surface area contributed by atoms with Gasteiger partial charge in [0.2, 0.25) is 0 Å². The summed E-state index contributed by atoms with van der Waals surface area (Å²) >= 11 is 7.57. The van der Waals surface area contributed by atoms with Crippen LogP contribution in [0.25, 0.3) is 0 Å². The van der Waals surface area contributed by atoms with Crippen LogP contribution < -0.4 is 0 Å². The highest BCUT2D eigenvalue weighted by molar-refractivity contribution is 7.98. The van der Waals surface area contributed by atoms with Crippen molar-refractivity contribution in [1.29, 1.82) is 0 Å². The Bertz CT molecular complexity index is 752. The maximum Gasteiger partial charge on any atom is 0.340 e. The zero-order valence-corrected chi connectivity index (χ0v) is 15.9. The molecule has 1 atom stereocenters. The average molecular weight is 378 g/mol. The second-order valence-electron chi connectivity index (χ2n) is 5.57. The van der Waals surface area contributed by atoms with Gasteiger partial charge in [-0.05, 0) is 36.9 Å². The maximum absolute atomic E-state index is 12.4. The molecule has 2 aromatic rings. The molecule has 2 rings (SSSR count). The monoisotopic (exact) mass is 377 g/mol. The average Bonchev–Trinajstić information content (AvgIpc) is 2.62. The van der Waals surface area contributed by atoms with E-state index in [1.165, 1.54) is 16.7 Å². The van der Waals surface area contributed by atoms with Gasteiger partial charge < -0.3 is 9.64 Å². The Labute approximate surface area is 157 Å². The van der Waals surface area contributed by atoms with E-state index in [0.29, 0.717) is 11.6 Å². The molecule has 1 unspecified atom stereocenters. The van der Waals surface area contributed by atoms with Crippen molar-refractivity contribution in [2.75, 3.05) is 13.3 Å². The molecule has 0 fully saturated rings. The quantitative estimate of drug-likeness (QED) is 0.557. The van der Waals surface area contributed by atoms with Gasteiger partial charge in [-0.3, -0.25) is 4.79 Å². The molecule has 0 spiro atoms. The van der Waals surface area contributed by atoms with Crippen molar-refractivity contribution in [2.24, 2.45) is 0 Å². The molecule has 0 heterocycles. The molecule has 0 radical (unpaired) electrons. The number of benzene rings is 2. The Morgan fingerprint density at radius 3 is 2.52 bits per heavy atom. The van der Waals surface area contributed by atoms with Gasteiger partial charge in [0.05, 0.1) is 10.6 Å². The Morgan fingerprint density at radius 1 is 1.20 bits per heavy atom. The second kappa shape index (κ2) is 8.92. The summed E-state index contributed by atoms with van der Waals surface area (Å²) < 4.78 is 5.31. The van der Waals surface area contributed by atoms with Crippen LogP contribution in [0.4, 0.5) is 0 Å². The fourth-order valence-corrected chi connectivity index (χ4v) is 2.94. The summed E-state index contributed by atoms with van der Waals surface area (Å²) in [5, 5.41) is 0.306. The van der Waals surface area contributed by atoms with Crippen LogP contribution in [0.3, 0.4) is 0 Å². The summed E-state index contributed by atoms with van der Waals surface area (Å²) in [5.74, 6) is -0.871. The SMILES string of the molecule is CSc1ccc(Cl)c(C(=O)OC(C)C(=O)N(C)Cc2ccccc2)c1. The van der Waals surface area contributed by atoms with Gasteiger partial charge in [-0.25, -0.2) is 4.79 Å². The number of carbonyl (C=O) groups is 2. The van der Waals surface area contributed by atoms with Crippen molar-refractivity contribution in [3.63, 3.8) is 0 Å². The van der Waals surface area contributed by atoms with Gasteiger partial charge in [0, 0.05) is 18.5 Å². The van der Waals surface area contributed by atoms with Gasteiger partial charge in [-0.2, -0.15) is 0 Å². The van der Waals surface area contributed by atoms with Crippen molar-refractivity contribution in [3.05, 3.63) is 64.7 Å². The molecule has 0 saturated heterocycles. The molecule has 132 valence electrons. The molecule has 0 aliphatic heterocycles. The number of halogens is 1. The lowest BCUT2D eigenvalue weighted by Crippen LogP contribution is -2.37. The van der Waals surface area contributed by atoms with Crippen LogP contribution in [0.5, 0.6) is 0 Å². The molecule has 25 heavy (non-hydrogen) atoms. The molecule has 0 N–H and O–H groups in total. The van der Waals surface area contributed by atoms with E-state index in [-0.39, 0.29) is 11.5 Å². The fraction of sp³-hybridized carbons (Fsp3) is 0.263. The molecule has 0 saturated carbocycles. The lowest BCUT2D eigenvalue weighted by atomic mass is 10.2. The van der Waals surface area contributed by atoms with Crippen LogP contribution in [0.1, 0.15) is 22.8 Å². The topological polar surface area (TPSA) is 46.6 Å². The fourth-order valence-electron chi connectivity index (χ4n) is 2.31. The molecule has 0 aromatic heterocycles. The van der Waals surface area contributed by atoms with Crippen LogP contribution in [-0.4, -0.2) is 36.2 Å². The molecular weight excluding hydrogens is 358 g/mol. The zero-order chi connectivity index (χ0) is 18.4. The van der Waals surface area contributed by atoms with Gasteiger partial charge in [0.15, 0.2) is 6.10 Å². The molecule has 4 nitrogen and oxygen atoms in total. The number of likely N-dealkylation sites (N-methyl/N-ethyl adjacent to an activating group) is 1. The van der Waals surface area contributed by atoms with Gasteiger partial charge in [-0.15, -0.1) is 11.8 Å². The van der Waals surface area contributed by atoms with Crippen LogP contribution in [-0.2, 0) is 16.1 Å². The van der Waals surface area contributed by atoms with Gasteiger partial charge in [0.1, 0.15) is 0 Å². The van der Waals surface area contributed by atoms with Crippen molar-refractivity contribution >= 4 is 35.2 Å². The number of hydrogen-bond acceptors (Lipinski definition) is 4. The summed E-state index contributed by atoms with van der Waals surface area (Å²) in [6.07, 6.45) is 1.01. The molecular formula is C19H20ClNO3S. The van der Waals surface area contributed by atoms with Crippen LogP contribution >= 0.6 is 23.4 Å². The van der Waals surface area contributed by atoms with E-state index in [1.54, 1.807) is 26.1 Å². The normalized spacial score (nSPS) is 11.7. The van der Waals surface area contributed by atoms with E-state index in [1.807, 2.05) is 42.7 Å². The summed E-state index contributed by atoms with van der Waals surface area (Å²) in [5.41, 5.74) is 1.27. The maximum atomic E-state index is 12.4. The van der Waals surface area contributed by atoms with Crippen molar-refractivity contribution in [3.8, 4) is 0 Å². The summed E-state index contributed by atoms with van der Waals surface area (Å²) in [4.78, 5) is 27.2. The third-order valence-corrected chi connectivity index (χ3v) is 4.72. The predicted molar refractivity (Wildman–Crippen MR) is 101 cm³/mol. The second-order valence-corrected chi connectivity index (χ2v) is 6.86. The van der Waals surface area contributed by atoms with Crippen LogP contribution in [0.15, 0.2) is 53.4 Å². The molecule has 6 heteroatoms. The number of ether oxygens (including phenoxy) is 1. The standard InChI is InChI=1S/C19H20ClNO3S/c1-13(18(22)21(2)12-14-7-5-4-6-8-14)24-19(23)16-11-15(25-3)9-10-17(16)20/h4-11,13H,12H2,1-3H3. The van der Waals surface area contributed by atoms with Gasteiger partial charge in [0.25, 0.3) is 5.91 Å². The smallest absolute Gasteiger partial charge is 0.340 e. The zero-order valence-electron chi connectivity index (χ0n) is 14.4. The third-order valence-electron chi connectivity index (χ3n) is 3.66. The van der Waals surface area contributed by atoms with E-state index in [2.05, 4.69) is 0 Å². The number of carbonyl (C=O) groups excluding carboxylic acids is 2. The summed E-state index contributed by atoms with van der Waals surface area (Å²) in [7, 11) is 1.68. The van der Waals surface area contributed by atoms with E-state index < -0.39 is 12.1 Å². The number of amides is 1. The van der Waals surface area contributed by atoms with Crippen molar-refractivity contribution < 1.29 is 14.3 Å². The molecule has 0 aliphatic carbocycles. The van der Waals surface area contributed by atoms with E-state index in [4.69, 9.17) is 16.3 Å². The highest BCUT2D eigenvalue weighted by Gasteiger charge is 2.23. The Balaban J connectivity index is 2.01. The number of esters is 1. The lowest BCUT2D eigenvalue weighted by Gasteiger charge is -2.21. The lowest BCUT2D eigenvalue weighted by molar-refractivity contribution is -0.139.